The molecule has 98 valence electrons. The van der Waals surface area contributed by atoms with Crippen molar-refractivity contribution in [3.63, 3.8) is 0 Å². The quantitative estimate of drug-likeness (QED) is 0.516. The number of benzene rings is 1. The highest BCUT2D eigenvalue weighted by molar-refractivity contribution is 5.56. The van der Waals surface area contributed by atoms with Gasteiger partial charge in [-0.2, -0.15) is 5.10 Å². The molecule has 0 aliphatic carbocycles. The zero-order valence-electron chi connectivity index (χ0n) is 9.69. The van der Waals surface area contributed by atoms with Gasteiger partial charge in [-0.3, -0.25) is 0 Å². The van der Waals surface area contributed by atoms with Crippen LogP contribution in [0.25, 0.3) is 0 Å². The Hall–Kier alpha value is -2.41. The number of anilines is 2. The Bertz CT molecular complexity index is 482. The monoisotopic (exact) mass is 252 g/mol. The van der Waals surface area contributed by atoms with Crippen LogP contribution < -0.4 is 11.5 Å². The Morgan fingerprint density at radius 3 is 2.11 bits per heavy atom. The van der Waals surface area contributed by atoms with Gasteiger partial charge in [0.05, 0.1) is 25.0 Å². The van der Waals surface area contributed by atoms with E-state index in [2.05, 4.69) is 5.10 Å². The molecule has 7 nitrogen and oxygen atoms in total. The standard InChI is InChI=1S/C6H6O2.C5H10N4O/c7-5-2-1-3-6(8)4-5;6-4-3-8-9(1-2-10)5(4)7/h1-4,7-8H;3,10H,1-2,6-7H2. The third-order valence-corrected chi connectivity index (χ3v) is 2.05. The second kappa shape index (κ2) is 6.36. The fourth-order valence-electron chi connectivity index (χ4n) is 1.18. The van der Waals surface area contributed by atoms with Crippen molar-refractivity contribution in [1.29, 1.82) is 0 Å². The van der Waals surface area contributed by atoms with Crippen molar-refractivity contribution in [2.45, 2.75) is 6.54 Å². The summed E-state index contributed by atoms with van der Waals surface area (Å²) in [6, 6.07) is 5.85. The molecule has 0 radical (unpaired) electrons. The minimum atomic E-state index is 0.0192. The van der Waals surface area contributed by atoms with E-state index in [-0.39, 0.29) is 18.1 Å². The highest BCUT2D eigenvalue weighted by Crippen LogP contribution is 2.14. The van der Waals surface area contributed by atoms with Gasteiger partial charge in [-0.25, -0.2) is 4.68 Å². The lowest BCUT2D eigenvalue weighted by Crippen LogP contribution is -2.07. The van der Waals surface area contributed by atoms with E-state index < -0.39 is 0 Å². The lowest BCUT2D eigenvalue weighted by atomic mass is 10.3. The van der Waals surface area contributed by atoms with Crippen LogP contribution in [0.2, 0.25) is 0 Å². The molecule has 7 heteroatoms. The molecule has 0 bridgehead atoms. The Balaban J connectivity index is 0.000000184. The number of aromatic nitrogens is 2. The van der Waals surface area contributed by atoms with Gasteiger partial charge in [0.15, 0.2) is 0 Å². The molecule has 0 aliphatic heterocycles. The van der Waals surface area contributed by atoms with Crippen molar-refractivity contribution in [3.05, 3.63) is 30.5 Å². The van der Waals surface area contributed by atoms with Crippen LogP contribution in [0.4, 0.5) is 11.5 Å². The van der Waals surface area contributed by atoms with Crippen LogP contribution in [0.3, 0.4) is 0 Å². The number of hydrogen-bond donors (Lipinski definition) is 5. The molecule has 0 fully saturated rings. The number of rotatable bonds is 2. The number of aliphatic hydroxyl groups excluding tert-OH is 1. The number of aliphatic hydroxyl groups is 1. The summed E-state index contributed by atoms with van der Waals surface area (Å²) in [5.74, 6) is 0.587. The summed E-state index contributed by atoms with van der Waals surface area (Å²) in [7, 11) is 0. The molecule has 0 amide bonds. The molecular formula is C11H16N4O3. The molecule has 0 unspecified atom stereocenters. The van der Waals surface area contributed by atoms with E-state index in [0.29, 0.717) is 18.1 Å². The molecule has 0 atom stereocenters. The number of nitrogens with two attached hydrogens (primary N) is 2. The fraction of sp³-hybridized carbons (Fsp3) is 0.182. The highest BCUT2D eigenvalue weighted by Gasteiger charge is 2.00. The van der Waals surface area contributed by atoms with E-state index in [1.165, 1.54) is 29.1 Å². The number of aromatic hydroxyl groups is 2. The first-order chi connectivity index (χ1) is 8.54. The Labute approximate surface area is 104 Å². The minimum Gasteiger partial charge on any atom is -0.508 e. The molecule has 1 aromatic carbocycles. The molecule has 1 aromatic heterocycles. The van der Waals surface area contributed by atoms with Crippen molar-refractivity contribution in [3.8, 4) is 11.5 Å². The summed E-state index contributed by atoms with van der Waals surface area (Å²) >= 11 is 0. The van der Waals surface area contributed by atoms with Crippen LogP contribution >= 0.6 is 0 Å². The van der Waals surface area contributed by atoms with Crippen LogP contribution in [0.15, 0.2) is 30.5 Å². The maximum atomic E-state index is 8.65. The van der Waals surface area contributed by atoms with Gasteiger partial charge in [0.2, 0.25) is 0 Å². The molecule has 1 heterocycles. The average Bonchev–Trinajstić information content (AvgIpc) is 2.62. The number of nitrogen functional groups attached to an aromatic ring is 2. The van der Waals surface area contributed by atoms with Crippen molar-refractivity contribution >= 4 is 11.5 Å². The van der Waals surface area contributed by atoms with E-state index in [0.717, 1.165) is 0 Å². The van der Waals surface area contributed by atoms with E-state index in [9.17, 15) is 0 Å². The van der Waals surface area contributed by atoms with E-state index in [1.54, 1.807) is 6.07 Å². The van der Waals surface area contributed by atoms with E-state index >= 15 is 0 Å². The van der Waals surface area contributed by atoms with E-state index in [1.807, 2.05) is 0 Å². The summed E-state index contributed by atoms with van der Waals surface area (Å²) in [4.78, 5) is 0. The molecule has 2 aromatic rings. The highest BCUT2D eigenvalue weighted by atomic mass is 16.3. The first-order valence-electron chi connectivity index (χ1n) is 5.20. The second-order valence-corrected chi connectivity index (χ2v) is 3.45. The predicted octanol–water partition coefficient (Wildman–Crippen LogP) is 0.138. The number of nitrogens with zero attached hydrogens (tertiary/aromatic N) is 2. The predicted molar refractivity (Wildman–Crippen MR) is 67.9 cm³/mol. The first-order valence-corrected chi connectivity index (χ1v) is 5.20. The van der Waals surface area contributed by atoms with Gasteiger partial charge in [0, 0.05) is 6.07 Å². The van der Waals surface area contributed by atoms with Crippen molar-refractivity contribution in [2.75, 3.05) is 18.1 Å². The summed E-state index contributed by atoms with van der Waals surface area (Å²) in [6.07, 6.45) is 1.46. The number of phenols is 2. The van der Waals surface area contributed by atoms with Gasteiger partial charge < -0.3 is 26.8 Å². The van der Waals surface area contributed by atoms with Crippen LogP contribution in [0.1, 0.15) is 0 Å². The molecular weight excluding hydrogens is 236 g/mol. The minimum absolute atomic E-state index is 0.0192. The molecule has 0 saturated carbocycles. The van der Waals surface area contributed by atoms with Gasteiger partial charge in [-0.1, -0.05) is 6.07 Å². The third kappa shape index (κ3) is 3.87. The Morgan fingerprint density at radius 2 is 1.78 bits per heavy atom. The zero-order valence-corrected chi connectivity index (χ0v) is 9.69. The lowest BCUT2D eigenvalue weighted by Gasteiger charge is -1.99. The van der Waals surface area contributed by atoms with E-state index in [4.69, 9.17) is 26.8 Å². The van der Waals surface area contributed by atoms with Gasteiger partial charge in [0.1, 0.15) is 17.3 Å². The number of phenolic OH excluding ortho intramolecular Hbond substituents is 2. The molecule has 0 saturated heterocycles. The normalized spacial score (nSPS) is 9.61. The fourth-order valence-corrected chi connectivity index (χ4v) is 1.18. The third-order valence-electron chi connectivity index (χ3n) is 2.05. The SMILES string of the molecule is Nc1cnn(CCO)c1N.Oc1cccc(O)c1. The van der Waals surface area contributed by atoms with Gasteiger partial charge in [-0.05, 0) is 12.1 Å². The van der Waals surface area contributed by atoms with Crippen LogP contribution in [0.5, 0.6) is 11.5 Å². The number of hydrogen-bond acceptors (Lipinski definition) is 6. The summed E-state index contributed by atoms with van der Waals surface area (Å²) < 4.78 is 1.45. The van der Waals surface area contributed by atoms with Crippen molar-refractivity contribution in [1.82, 2.24) is 9.78 Å². The van der Waals surface area contributed by atoms with Crippen molar-refractivity contribution in [2.24, 2.45) is 0 Å². The maximum absolute atomic E-state index is 8.65. The summed E-state index contributed by atoms with van der Waals surface area (Å²) in [5.41, 5.74) is 11.3. The van der Waals surface area contributed by atoms with Crippen LogP contribution in [-0.2, 0) is 6.54 Å². The zero-order chi connectivity index (χ0) is 13.5. The largest absolute Gasteiger partial charge is 0.508 e. The van der Waals surface area contributed by atoms with Gasteiger partial charge >= 0.3 is 0 Å². The van der Waals surface area contributed by atoms with Crippen LogP contribution in [-0.4, -0.2) is 31.7 Å². The lowest BCUT2D eigenvalue weighted by molar-refractivity contribution is 0.270. The molecule has 0 aliphatic rings. The first kappa shape index (κ1) is 13.7. The van der Waals surface area contributed by atoms with Gasteiger partial charge in [0.25, 0.3) is 0 Å². The second-order valence-electron chi connectivity index (χ2n) is 3.45. The Kier molecular flexibility index (Phi) is 4.82. The van der Waals surface area contributed by atoms with Crippen molar-refractivity contribution < 1.29 is 15.3 Å². The summed E-state index contributed by atoms with van der Waals surface area (Å²) in [5, 5.41) is 29.6. The van der Waals surface area contributed by atoms with Gasteiger partial charge in [-0.15, -0.1) is 0 Å². The molecule has 0 spiro atoms. The average molecular weight is 252 g/mol. The van der Waals surface area contributed by atoms with Crippen LogP contribution in [0, 0.1) is 0 Å². The molecule has 18 heavy (non-hydrogen) atoms. The summed E-state index contributed by atoms with van der Waals surface area (Å²) in [6.45, 7) is 0.411. The smallest absolute Gasteiger partial charge is 0.145 e. The topological polar surface area (TPSA) is 131 Å². The molecule has 2 rings (SSSR count). The molecule has 7 N–H and O–H groups in total. The maximum Gasteiger partial charge on any atom is 0.145 e. The Morgan fingerprint density at radius 1 is 1.17 bits per heavy atom.